The molecule has 2 aromatic carbocycles. The maximum atomic E-state index is 14.0. The van der Waals surface area contributed by atoms with Crippen LogP contribution in [-0.4, -0.2) is 11.3 Å². The van der Waals surface area contributed by atoms with Gasteiger partial charge in [-0.1, -0.05) is 6.07 Å². The number of aromatic nitrogens is 1. The van der Waals surface area contributed by atoms with E-state index in [0.29, 0.717) is 11.8 Å². The Morgan fingerprint density at radius 1 is 1.00 bits per heavy atom. The third kappa shape index (κ3) is 2.01. The minimum Gasteiger partial charge on any atom is -0.354 e. The Bertz CT molecular complexity index is 868. The van der Waals surface area contributed by atoms with Crippen LogP contribution in [0.5, 0.6) is 0 Å². The molecular weight excluding hydrogens is 279 g/mol. The highest BCUT2D eigenvalue weighted by Crippen LogP contribution is 2.32. The second-order valence-electron chi connectivity index (χ2n) is 4.77. The zero-order valence-corrected chi connectivity index (χ0v) is 11.0. The van der Waals surface area contributed by atoms with E-state index in [1.807, 2.05) is 0 Å². The molecular formula is C16H10F3NO. The van der Waals surface area contributed by atoms with Gasteiger partial charge in [-0.05, 0) is 36.8 Å². The van der Waals surface area contributed by atoms with E-state index in [9.17, 15) is 18.0 Å². The number of carbonyl (C=O) groups excluding carboxylic acids is 1. The fourth-order valence-electron chi connectivity index (χ4n) is 2.42. The molecule has 0 aliphatic heterocycles. The van der Waals surface area contributed by atoms with Crippen LogP contribution in [0.15, 0.2) is 30.3 Å². The smallest absolute Gasteiger partial charge is 0.159 e. The van der Waals surface area contributed by atoms with Gasteiger partial charge in [0.1, 0.15) is 5.82 Å². The average Bonchev–Trinajstić information content (AvgIpc) is 2.86. The highest BCUT2D eigenvalue weighted by molar-refractivity contribution is 6.05. The van der Waals surface area contributed by atoms with Crippen molar-refractivity contribution in [3.63, 3.8) is 0 Å². The molecule has 0 saturated carbocycles. The lowest BCUT2D eigenvalue weighted by molar-refractivity contribution is 0.112. The lowest BCUT2D eigenvalue weighted by Crippen LogP contribution is -1.89. The minimum atomic E-state index is -1.03. The molecule has 1 N–H and O–H groups in total. The summed E-state index contributed by atoms with van der Waals surface area (Å²) < 4.78 is 40.4. The first-order valence-corrected chi connectivity index (χ1v) is 6.24. The lowest BCUT2D eigenvalue weighted by atomic mass is 10.0. The fourth-order valence-corrected chi connectivity index (χ4v) is 2.42. The van der Waals surface area contributed by atoms with E-state index >= 15 is 0 Å². The van der Waals surface area contributed by atoms with Crippen molar-refractivity contribution in [2.75, 3.05) is 0 Å². The summed E-state index contributed by atoms with van der Waals surface area (Å²) in [6.45, 7) is 1.77. The molecule has 0 fully saturated rings. The van der Waals surface area contributed by atoms with E-state index in [1.54, 1.807) is 13.0 Å². The molecule has 0 spiro atoms. The first-order chi connectivity index (χ1) is 10.0. The molecule has 3 aromatic rings. The van der Waals surface area contributed by atoms with Gasteiger partial charge in [0.25, 0.3) is 0 Å². The quantitative estimate of drug-likeness (QED) is 0.698. The van der Waals surface area contributed by atoms with Crippen LogP contribution in [0.25, 0.3) is 22.2 Å². The first kappa shape index (κ1) is 13.4. The summed E-state index contributed by atoms with van der Waals surface area (Å²) in [7, 11) is 0. The number of aldehydes is 1. The van der Waals surface area contributed by atoms with Crippen LogP contribution in [-0.2, 0) is 0 Å². The van der Waals surface area contributed by atoms with Crippen molar-refractivity contribution in [1.82, 2.24) is 4.98 Å². The van der Waals surface area contributed by atoms with Crippen LogP contribution in [0.4, 0.5) is 13.2 Å². The second kappa shape index (κ2) is 4.77. The van der Waals surface area contributed by atoms with Crippen LogP contribution < -0.4 is 0 Å². The second-order valence-corrected chi connectivity index (χ2v) is 4.77. The number of nitrogens with one attached hydrogen (secondary N) is 1. The number of rotatable bonds is 2. The van der Waals surface area contributed by atoms with Crippen molar-refractivity contribution in [2.45, 2.75) is 6.92 Å². The summed E-state index contributed by atoms with van der Waals surface area (Å²) >= 11 is 0. The Balaban J connectivity index is 2.37. The van der Waals surface area contributed by atoms with Gasteiger partial charge in [0.15, 0.2) is 17.9 Å². The highest BCUT2D eigenvalue weighted by Gasteiger charge is 2.18. The van der Waals surface area contributed by atoms with Crippen LogP contribution in [0, 0.1) is 24.4 Å². The summed E-state index contributed by atoms with van der Waals surface area (Å²) in [6.07, 6.45) is 0.512. The van der Waals surface area contributed by atoms with Gasteiger partial charge in [-0.2, -0.15) is 0 Å². The Morgan fingerprint density at radius 2 is 1.71 bits per heavy atom. The van der Waals surface area contributed by atoms with Gasteiger partial charge in [-0.25, -0.2) is 13.2 Å². The number of aromatic amines is 1. The summed E-state index contributed by atoms with van der Waals surface area (Å²) in [5.74, 6) is -2.55. The SMILES string of the molecule is Cc1ccc(F)c2c(C=O)c(-c3ccc(F)c(F)c3)[nH]c12. The maximum absolute atomic E-state index is 14.0. The van der Waals surface area contributed by atoms with E-state index in [4.69, 9.17) is 0 Å². The van der Waals surface area contributed by atoms with Crippen molar-refractivity contribution in [1.29, 1.82) is 0 Å². The van der Waals surface area contributed by atoms with Crippen molar-refractivity contribution >= 4 is 17.2 Å². The third-order valence-electron chi connectivity index (χ3n) is 3.48. The first-order valence-electron chi connectivity index (χ1n) is 6.24. The number of benzene rings is 2. The molecule has 106 valence electrons. The normalized spacial score (nSPS) is 11.0. The molecule has 0 saturated heterocycles. The Hall–Kier alpha value is -2.56. The molecule has 0 radical (unpaired) electrons. The molecule has 21 heavy (non-hydrogen) atoms. The van der Waals surface area contributed by atoms with Crippen molar-refractivity contribution in [2.24, 2.45) is 0 Å². The molecule has 1 heterocycles. The van der Waals surface area contributed by atoms with Crippen molar-refractivity contribution < 1.29 is 18.0 Å². The predicted molar refractivity (Wildman–Crippen MR) is 73.7 cm³/mol. The van der Waals surface area contributed by atoms with Crippen LogP contribution >= 0.6 is 0 Å². The highest BCUT2D eigenvalue weighted by atomic mass is 19.2. The molecule has 0 aliphatic carbocycles. The molecule has 5 heteroatoms. The molecule has 0 aliphatic rings. The third-order valence-corrected chi connectivity index (χ3v) is 3.48. The number of aryl methyl sites for hydroxylation is 1. The van der Waals surface area contributed by atoms with Crippen molar-refractivity contribution in [3.05, 3.63) is 58.9 Å². The molecule has 3 rings (SSSR count). The Kier molecular flexibility index (Phi) is 3.05. The number of halogens is 3. The van der Waals surface area contributed by atoms with Gasteiger partial charge < -0.3 is 4.98 Å². The molecule has 1 aromatic heterocycles. The molecule has 0 unspecified atom stereocenters. The standard InChI is InChI=1S/C16H10F3NO/c1-8-2-4-12(18)14-10(7-21)16(20-15(8)14)9-3-5-11(17)13(19)6-9/h2-7,20H,1H3. The van der Waals surface area contributed by atoms with E-state index in [-0.39, 0.29) is 22.2 Å². The number of carbonyl (C=O) groups is 1. The molecule has 0 amide bonds. The summed E-state index contributed by atoms with van der Waals surface area (Å²) in [5, 5.41) is 0.157. The molecule has 0 atom stereocenters. The van der Waals surface area contributed by atoms with E-state index in [0.717, 1.165) is 17.7 Å². The fraction of sp³-hybridized carbons (Fsp3) is 0.0625. The van der Waals surface area contributed by atoms with Crippen LogP contribution in [0.1, 0.15) is 15.9 Å². The monoisotopic (exact) mass is 289 g/mol. The van der Waals surface area contributed by atoms with Gasteiger partial charge in [-0.15, -0.1) is 0 Å². The summed E-state index contributed by atoms with van der Waals surface area (Å²) in [6, 6.07) is 6.13. The van der Waals surface area contributed by atoms with E-state index in [1.165, 1.54) is 12.1 Å². The average molecular weight is 289 g/mol. The minimum absolute atomic E-state index is 0.0946. The van der Waals surface area contributed by atoms with Crippen LogP contribution in [0.3, 0.4) is 0 Å². The molecule has 0 bridgehead atoms. The summed E-state index contributed by atoms with van der Waals surface area (Å²) in [4.78, 5) is 14.3. The van der Waals surface area contributed by atoms with Gasteiger partial charge in [0.05, 0.1) is 16.8 Å². The van der Waals surface area contributed by atoms with Gasteiger partial charge >= 0.3 is 0 Å². The van der Waals surface area contributed by atoms with Crippen molar-refractivity contribution in [3.8, 4) is 11.3 Å². The zero-order chi connectivity index (χ0) is 15.1. The molecule has 2 nitrogen and oxygen atoms in total. The van der Waals surface area contributed by atoms with Crippen LogP contribution in [0.2, 0.25) is 0 Å². The number of hydrogen-bond acceptors (Lipinski definition) is 1. The number of H-pyrrole nitrogens is 1. The van der Waals surface area contributed by atoms with Gasteiger partial charge in [-0.3, -0.25) is 4.79 Å². The maximum Gasteiger partial charge on any atom is 0.159 e. The Labute approximate surface area is 118 Å². The lowest BCUT2D eigenvalue weighted by Gasteiger charge is -2.01. The Morgan fingerprint density at radius 3 is 2.38 bits per heavy atom. The number of fused-ring (bicyclic) bond motifs is 1. The van der Waals surface area contributed by atoms with Gasteiger partial charge in [0, 0.05) is 10.9 Å². The predicted octanol–water partition coefficient (Wildman–Crippen LogP) is 4.37. The topological polar surface area (TPSA) is 32.9 Å². The summed E-state index contributed by atoms with van der Waals surface area (Å²) in [5.41, 5.74) is 1.87. The van der Waals surface area contributed by atoms with Gasteiger partial charge in [0.2, 0.25) is 0 Å². The van der Waals surface area contributed by atoms with E-state index < -0.39 is 17.5 Å². The van der Waals surface area contributed by atoms with E-state index in [2.05, 4.69) is 4.98 Å². The zero-order valence-electron chi connectivity index (χ0n) is 11.0. The number of hydrogen-bond donors (Lipinski definition) is 1. The largest absolute Gasteiger partial charge is 0.354 e.